The van der Waals surface area contributed by atoms with Gasteiger partial charge in [-0.2, -0.15) is 5.26 Å². The number of nitriles is 1. The van der Waals surface area contributed by atoms with Crippen LogP contribution < -0.4 is 4.74 Å². The zero-order chi connectivity index (χ0) is 18.5. The second-order valence-electron chi connectivity index (χ2n) is 5.96. The number of ether oxygens (including phenoxy) is 1. The third-order valence-electron chi connectivity index (χ3n) is 4.41. The molecule has 0 saturated carbocycles. The minimum atomic E-state index is -0.359. The van der Waals surface area contributed by atoms with Gasteiger partial charge in [0.05, 0.1) is 19.1 Å². The van der Waals surface area contributed by atoms with Crippen LogP contribution in [-0.4, -0.2) is 7.11 Å². The molecule has 0 amide bonds. The number of halogens is 2. The second-order valence-corrected chi connectivity index (χ2v) is 6.83. The van der Waals surface area contributed by atoms with Crippen LogP contribution in [0.4, 0.5) is 0 Å². The Morgan fingerprint density at radius 2 is 1.15 bits per heavy atom. The van der Waals surface area contributed by atoms with Crippen LogP contribution in [0.15, 0.2) is 72.8 Å². The molecular weight excluding hydrogens is 365 g/mol. The van der Waals surface area contributed by atoms with Gasteiger partial charge < -0.3 is 4.74 Å². The minimum Gasteiger partial charge on any atom is -0.497 e. The van der Waals surface area contributed by atoms with Crippen molar-refractivity contribution in [2.75, 3.05) is 7.11 Å². The Morgan fingerprint density at radius 1 is 0.731 bits per heavy atom. The smallest absolute Gasteiger partial charge is 0.118 e. The fraction of sp³-hybridized carbons (Fsp3) is 0.136. The zero-order valence-corrected chi connectivity index (χ0v) is 15.7. The van der Waals surface area contributed by atoms with Gasteiger partial charge in [0.2, 0.25) is 0 Å². The van der Waals surface area contributed by atoms with E-state index >= 15 is 0 Å². The van der Waals surface area contributed by atoms with Crippen LogP contribution in [0.1, 0.15) is 28.5 Å². The first-order chi connectivity index (χ1) is 12.6. The Morgan fingerprint density at radius 3 is 1.58 bits per heavy atom. The van der Waals surface area contributed by atoms with Crippen molar-refractivity contribution in [3.8, 4) is 11.8 Å². The van der Waals surface area contributed by atoms with Gasteiger partial charge in [-0.15, -0.1) is 0 Å². The number of methoxy groups -OCH3 is 1. The summed E-state index contributed by atoms with van der Waals surface area (Å²) in [5.74, 6) is 0.287. The molecule has 0 spiro atoms. The molecule has 0 radical (unpaired) electrons. The van der Waals surface area contributed by atoms with Gasteiger partial charge in [0, 0.05) is 16.0 Å². The molecule has 3 aromatic rings. The van der Waals surface area contributed by atoms with Crippen molar-refractivity contribution in [1.82, 2.24) is 0 Å². The van der Waals surface area contributed by atoms with Gasteiger partial charge in [-0.05, 0) is 53.1 Å². The van der Waals surface area contributed by atoms with Crippen LogP contribution in [-0.2, 0) is 0 Å². The van der Waals surface area contributed by atoms with E-state index in [4.69, 9.17) is 27.9 Å². The lowest BCUT2D eigenvalue weighted by molar-refractivity contribution is 0.414. The van der Waals surface area contributed by atoms with E-state index in [-0.39, 0.29) is 11.8 Å². The van der Waals surface area contributed by atoms with Gasteiger partial charge in [-0.3, -0.25) is 0 Å². The molecule has 2 nitrogen and oxygen atoms in total. The van der Waals surface area contributed by atoms with Crippen LogP contribution >= 0.6 is 23.2 Å². The maximum atomic E-state index is 9.96. The number of nitrogens with zero attached hydrogens (tertiary/aromatic N) is 1. The maximum Gasteiger partial charge on any atom is 0.118 e. The summed E-state index contributed by atoms with van der Waals surface area (Å²) in [6, 6.07) is 25.4. The van der Waals surface area contributed by atoms with Crippen LogP contribution in [0.25, 0.3) is 0 Å². The first-order valence-electron chi connectivity index (χ1n) is 8.17. The van der Waals surface area contributed by atoms with Gasteiger partial charge in [-0.25, -0.2) is 0 Å². The number of rotatable bonds is 5. The second kappa shape index (κ2) is 8.27. The van der Waals surface area contributed by atoms with E-state index in [1.807, 2.05) is 72.8 Å². The van der Waals surface area contributed by atoms with E-state index in [1.165, 1.54) is 0 Å². The van der Waals surface area contributed by atoms with E-state index < -0.39 is 0 Å². The van der Waals surface area contributed by atoms with Gasteiger partial charge in [-0.1, -0.05) is 59.6 Å². The molecule has 26 heavy (non-hydrogen) atoms. The Kier molecular flexibility index (Phi) is 5.83. The average molecular weight is 382 g/mol. The molecule has 2 unspecified atom stereocenters. The van der Waals surface area contributed by atoms with Crippen molar-refractivity contribution < 1.29 is 4.74 Å². The lowest BCUT2D eigenvalue weighted by Gasteiger charge is -2.24. The predicted molar refractivity (Wildman–Crippen MR) is 106 cm³/mol. The maximum absolute atomic E-state index is 9.96. The lowest BCUT2D eigenvalue weighted by Crippen LogP contribution is -2.12. The summed E-state index contributed by atoms with van der Waals surface area (Å²) in [6.45, 7) is 0. The zero-order valence-electron chi connectivity index (χ0n) is 14.2. The molecule has 0 fully saturated rings. The summed E-state index contributed by atoms with van der Waals surface area (Å²) >= 11 is 12.1. The first kappa shape index (κ1) is 18.3. The van der Waals surface area contributed by atoms with Crippen LogP contribution in [0.2, 0.25) is 10.0 Å². The summed E-state index contributed by atoms with van der Waals surface area (Å²) < 4.78 is 5.26. The highest BCUT2D eigenvalue weighted by Crippen LogP contribution is 2.39. The Labute approximate surface area is 163 Å². The van der Waals surface area contributed by atoms with E-state index in [0.717, 1.165) is 22.4 Å². The Bertz CT molecular complexity index is 897. The molecule has 130 valence electrons. The van der Waals surface area contributed by atoms with Crippen molar-refractivity contribution in [1.29, 1.82) is 5.26 Å². The monoisotopic (exact) mass is 381 g/mol. The van der Waals surface area contributed by atoms with Gasteiger partial charge >= 0.3 is 0 Å². The normalized spacial score (nSPS) is 12.8. The minimum absolute atomic E-state index is 0.135. The number of hydrogen-bond acceptors (Lipinski definition) is 2. The van der Waals surface area contributed by atoms with E-state index in [2.05, 4.69) is 6.07 Å². The van der Waals surface area contributed by atoms with Crippen LogP contribution in [0.3, 0.4) is 0 Å². The third kappa shape index (κ3) is 4.02. The molecule has 0 bridgehead atoms. The molecule has 0 saturated heterocycles. The van der Waals surface area contributed by atoms with Gasteiger partial charge in [0.1, 0.15) is 5.75 Å². The summed E-state index contributed by atoms with van der Waals surface area (Å²) in [4.78, 5) is 0. The molecule has 0 aliphatic carbocycles. The van der Waals surface area contributed by atoms with Crippen molar-refractivity contribution in [2.24, 2.45) is 0 Å². The molecule has 0 aliphatic rings. The molecule has 4 heteroatoms. The van der Waals surface area contributed by atoms with E-state index in [1.54, 1.807) is 7.11 Å². The van der Waals surface area contributed by atoms with Crippen molar-refractivity contribution in [3.05, 3.63) is 99.5 Å². The highest BCUT2D eigenvalue weighted by Gasteiger charge is 2.26. The fourth-order valence-electron chi connectivity index (χ4n) is 3.07. The highest BCUT2D eigenvalue weighted by atomic mass is 35.5. The standard InChI is InChI=1S/C22H17Cl2NO/c1-26-20-12-6-17(7-13-20)22(16-4-10-19(24)11-5-16)21(14-25)15-2-8-18(23)9-3-15/h2-13,21-22H,1H3. The van der Waals surface area contributed by atoms with Gasteiger partial charge in [0.25, 0.3) is 0 Å². The van der Waals surface area contributed by atoms with Crippen LogP contribution in [0, 0.1) is 11.3 Å². The highest BCUT2D eigenvalue weighted by molar-refractivity contribution is 6.30. The molecule has 2 atom stereocenters. The fourth-order valence-corrected chi connectivity index (χ4v) is 3.32. The molecule has 3 rings (SSSR count). The largest absolute Gasteiger partial charge is 0.497 e. The molecule has 0 aliphatic heterocycles. The average Bonchev–Trinajstić information content (AvgIpc) is 2.68. The Balaban J connectivity index is 2.10. The topological polar surface area (TPSA) is 33.0 Å². The van der Waals surface area contributed by atoms with Crippen molar-refractivity contribution in [3.63, 3.8) is 0 Å². The predicted octanol–water partition coefficient (Wildman–Crippen LogP) is 6.44. The summed E-state index contributed by atoms with van der Waals surface area (Å²) in [5, 5.41) is 11.3. The van der Waals surface area contributed by atoms with Crippen molar-refractivity contribution >= 4 is 23.2 Å². The lowest BCUT2D eigenvalue weighted by atomic mass is 9.78. The summed E-state index contributed by atoms with van der Waals surface area (Å²) in [7, 11) is 1.64. The molecule has 0 heterocycles. The van der Waals surface area contributed by atoms with E-state index in [9.17, 15) is 5.26 Å². The van der Waals surface area contributed by atoms with Crippen molar-refractivity contribution in [2.45, 2.75) is 11.8 Å². The third-order valence-corrected chi connectivity index (χ3v) is 4.91. The molecular formula is C22H17Cl2NO. The number of hydrogen-bond donors (Lipinski definition) is 0. The summed E-state index contributed by atoms with van der Waals surface area (Å²) in [5.41, 5.74) is 2.99. The SMILES string of the molecule is COc1ccc(C(c2ccc(Cl)cc2)C(C#N)c2ccc(Cl)cc2)cc1. The Hall–Kier alpha value is -2.47. The molecule has 0 aromatic heterocycles. The van der Waals surface area contributed by atoms with Gasteiger partial charge in [0.15, 0.2) is 0 Å². The van der Waals surface area contributed by atoms with Crippen LogP contribution in [0.5, 0.6) is 5.75 Å². The molecule has 0 N–H and O–H groups in total. The quantitative estimate of drug-likeness (QED) is 0.509. The first-order valence-corrected chi connectivity index (χ1v) is 8.92. The summed E-state index contributed by atoms with van der Waals surface area (Å²) in [6.07, 6.45) is 0. The molecule has 3 aromatic carbocycles. The van der Waals surface area contributed by atoms with E-state index in [0.29, 0.717) is 10.0 Å². The number of benzene rings is 3.